The molecule has 1 aromatic heterocycles. The predicted molar refractivity (Wildman–Crippen MR) is 83.4 cm³/mol. The lowest BCUT2D eigenvalue weighted by Crippen LogP contribution is -2.46. The molecule has 114 valence electrons. The van der Waals surface area contributed by atoms with Crippen molar-refractivity contribution in [3.8, 4) is 0 Å². The molecule has 4 nitrogen and oxygen atoms in total. The molecule has 1 fully saturated rings. The summed E-state index contributed by atoms with van der Waals surface area (Å²) in [5.74, 6) is 0. The molecule has 1 aliphatic carbocycles. The average Bonchev–Trinajstić information content (AvgIpc) is 2.82. The van der Waals surface area contributed by atoms with Gasteiger partial charge in [0, 0.05) is 17.5 Å². The van der Waals surface area contributed by atoms with E-state index in [0.29, 0.717) is 10.8 Å². The largest absolute Gasteiger partial charge is 0.315 e. The van der Waals surface area contributed by atoms with E-state index >= 15 is 0 Å². The van der Waals surface area contributed by atoms with Crippen LogP contribution < -0.4 is 10.0 Å². The van der Waals surface area contributed by atoms with Gasteiger partial charge in [-0.3, -0.25) is 0 Å². The smallest absolute Gasteiger partial charge is 0.250 e. The van der Waals surface area contributed by atoms with E-state index in [4.69, 9.17) is 0 Å². The van der Waals surface area contributed by atoms with E-state index < -0.39 is 10.0 Å². The number of sulfonamides is 1. The van der Waals surface area contributed by atoms with Gasteiger partial charge >= 0.3 is 0 Å². The molecule has 0 bridgehead atoms. The van der Waals surface area contributed by atoms with Crippen LogP contribution in [0.4, 0.5) is 0 Å². The normalized spacial score (nSPS) is 22.9. The molecule has 1 atom stereocenters. The van der Waals surface area contributed by atoms with Gasteiger partial charge in [0.1, 0.15) is 4.21 Å². The van der Waals surface area contributed by atoms with Crippen LogP contribution in [0.5, 0.6) is 0 Å². The zero-order valence-corrected chi connectivity index (χ0v) is 14.0. The van der Waals surface area contributed by atoms with Crippen molar-refractivity contribution in [3.05, 3.63) is 17.0 Å². The number of hydrogen-bond donors (Lipinski definition) is 2. The second-order valence-electron chi connectivity index (χ2n) is 6.16. The van der Waals surface area contributed by atoms with Crippen molar-refractivity contribution in [2.45, 2.75) is 56.3 Å². The summed E-state index contributed by atoms with van der Waals surface area (Å²) in [4.78, 5) is 1.04. The lowest BCUT2D eigenvalue weighted by atomic mass is 9.74. The lowest BCUT2D eigenvalue weighted by molar-refractivity contribution is 0.188. The van der Waals surface area contributed by atoms with Gasteiger partial charge in [0.05, 0.1) is 0 Å². The molecule has 0 aromatic carbocycles. The SMILES string of the molecule is CNCc1ccc(S(=O)(=O)NC2CCCCC2(C)C)s1. The van der Waals surface area contributed by atoms with Crippen LogP contribution in [0.1, 0.15) is 44.4 Å². The van der Waals surface area contributed by atoms with Crippen LogP contribution in [0.15, 0.2) is 16.3 Å². The second kappa shape index (κ2) is 6.13. The summed E-state index contributed by atoms with van der Waals surface area (Å²) >= 11 is 1.34. The molecule has 1 saturated carbocycles. The quantitative estimate of drug-likeness (QED) is 0.878. The van der Waals surface area contributed by atoms with E-state index in [1.54, 1.807) is 6.07 Å². The third-order valence-corrected chi connectivity index (χ3v) is 7.11. The summed E-state index contributed by atoms with van der Waals surface area (Å²) < 4.78 is 28.3. The van der Waals surface area contributed by atoms with Crippen LogP contribution in [-0.4, -0.2) is 21.5 Å². The zero-order valence-electron chi connectivity index (χ0n) is 12.4. The summed E-state index contributed by atoms with van der Waals surface area (Å²) in [6.45, 7) is 5.01. The standard InChI is InChI=1S/C14H24N2O2S2/c1-14(2)9-5-4-6-12(14)16-20(17,18)13-8-7-11(19-13)10-15-3/h7-8,12,15-16H,4-6,9-10H2,1-3H3. The van der Waals surface area contributed by atoms with Crippen LogP contribution >= 0.6 is 11.3 Å². The average molecular weight is 316 g/mol. The van der Waals surface area contributed by atoms with Gasteiger partial charge in [0.2, 0.25) is 10.0 Å². The summed E-state index contributed by atoms with van der Waals surface area (Å²) in [5, 5.41) is 3.04. The molecule has 0 radical (unpaired) electrons. The maximum atomic E-state index is 12.5. The van der Waals surface area contributed by atoms with Gasteiger partial charge in [-0.15, -0.1) is 11.3 Å². The first kappa shape index (κ1) is 15.9. The van der Waals surface area contributed by atoms with Crippen molar-refractivity contribution < 1.29 is 8.42 Å². The molecular formula is C14H24N2O2S2. The molecule has 1 heterocycles. The third kappa shape index (κ3) is 3.61. The molecule has 0 amide bonds. The molecular weight excluding hydrogens is 292 g/mol. The van der Waals surface area contributed by atoms with Gasteiger partial charge in [-0.25, -0.2) is 13.1 Å². The number of thiophene rings is 1. The number of rotatable bonds is 5. The molecule has 1 unspecified atom stereocenters. The molecule has 0 saturated heterocycles. The Balaban J connectivity index is 2.13. The number of nitrogens with one attached hydrogen (secondary N) is 2. The van der Waals surface area contributed by atoms with Crippen molar-refractivity contribution in [2.75, 3.05) is 7.05 Å². The van der Waals surface area contributed by atoms with Gasteiger partial charge in [0.15, 0.2) is 0 Å². The van der Waals surface area contributed by atoms with Crippen molar-refractivity contribution in [1.82, 2.24) is 10.0 Å². The Kier molecular flexibility index (Phi) is 4.89. The van der Waals surface area contributed by atoms with Gasteiger partial charge in [0.25, 0.3) is 0 Å². The van der Waals surface area contributed by atoms with Gasteiger partial charge in [-0.2, -0.15) is 0 Å². The summed E-state index contributed by atoms with van der Waals surface area (Å²) in [7, 11) is -1.53. The molecule has 20 heavy (non-hydrogen) atoms. The van der Waals surface area contributed by atoms with Gasteiger partial charge in [-0.1, -0.05) is 26.7 Å². The first-order valence-corrected chi connectivity index (χ1v) is 9.41. The molecule has 6 heteroatoms. The fourth-order valence-corrected chi connectivity index (χ4v) is 5.56. The fourth-order valence-electron chi connectivity index (χ4n) is 2.73. The summed E-state index contributed by atoms with van der Waals surface area (Å²) in [6.07, 6.45) is 4.30. The molecule has 1 aliphatic rings. The van der Waals surface area contributed by atoms with E-state index in [2.05, 4.69) is 23.9 Å². The molecule has 2 rings (SSSR count). The zero-order chi connectivity index (χ0) is 14.8. The Morgan fingerprint density at radius 2 is 2.10 bits per heavy atom. The van der Waals surface area contributed by atoms with Gasteiger partial charge in [-0.05, 0) is 37.4 Å². The number of hydrogen-bond acceptors (Lipinski definition) is 4. The Bertz CT molecular complexity index is 549. The van der Waals surface area contributed by atoms with Crippen LogP contribution in [0, 0.1) is 5.41 Å². The van der Waals surface area contributed by atoms with Crippen LogP contribution in [0.3, 0.4) is 0 Å². The van der Waals surface area contributed by atoms with E-state index in [9.17, 15) is 8.42 Å². The first-order chi connectivity index (χ1) is 9.35. The van der Waals surface area contributed by atoms with Crippen molar-refractivity contribution in [3.63, 3.8) is 0 Å². The topological polar surface area (TPSA) is 58.2 Å². The van der Waals surface area contributed by atoms with E-state index in [1.165, 1.54) is 17.8 Å². The highest BCUT2D eigenvalue weighted by Gasteiger charge is 2.35. The third-order valence-electron chi connectivity index (χ3n) is 4.06. The summed E-state index contributed by atoms with van der Waals surface area (Å²) in [6, 6.07) is 3.62. The maximum Gasteiger partial charge on any atom is 0.250 e. The van der Waals surface area contributed by atoms with Crippen LogP contribution in [0.25, 0.3) is 0 Å². The molecule has 0 spiro atoms. The Hall–Kier alpha value is -0.430. The Morgan fingerprint density at radius 1 is 1.35 bits per heavy atom. The van der Waals surface area contributed by atoms with Crippen molar-refractivity contribution in [1.29, 1.82) is 0 Å². The van der Waals surface area contributed by atoms with E-state index in [1.807, 2.05) is 13.1 Å². The van der Waals surface area contributed by atoms with E-state index in [0.717, 1.165) is 24.1 Å². The monoisotopic (exact) mass is 316 g/mol. The minimum Gasteiger partial charge on any atom is -0.315 e. The van der Waals surface area contributed by atoms with Crippen molar-refractivity contribution >= 4 is 21.4 Å². The highest BCUT2D eigenvalue weighted by atomic mass is 32.2. The highest BCUT2D eigenvalue weighted by Crippen LogP contribution is 2.36. The second-order valence-corrected chi connectivity index (χ2v) is 9.27. The van der Waals surface area contributed by atoms with Gasteiger partial charge < -0.3 is 5.32 Å². The molecule has 0 aliphatic heterocycles. The maximum absolute atomic E-state index is 12.5. The Morgan fingerprint density at radius 3 is 2.75 bits per heavy atom. The molecule has 2 N–H and O–H groups in total. The predicted octanol–water partition coefficient (Wildman–Crippen LogP) is 2.71. The summed E-state index contributed by atoms with van der Waals surface area (Å²) in [5.41, 5.74) is 0.0381. The first-order valence-electron chi connectivity index (χ1n) is 7.11. The van der Waals surface area contributed by atoms with Crippen LogP contribution in [-0.2, 0) is 16.6 Å². The van der Waals surface area contributed by atoms with Crippen molar-refractivity contribution in [2.24, 2.45) is 5.41 Å². The highest BCUT2D eigenvalue weighted by molar-refractivity contribution is 7.91. The Labute approximate surface area is 126 Å². The fraction of sp³-hybridized carbons (Fsp3) is 0.714. The molecule has 1 aromatic rings. The van der Waals surface area contributed by atoms with Crippen LogP contribution in [0.2, 0.25) is 0 Å². The minimum absolute atomic E-state index is 0.0381. The van der Waals surface area contributed by atoms with E-state index in [-0.39, 0.29) is 11.5 Å². The lowest BCUT2D eigenvalue weighted by Gasteiger charge is -2.38. The minimum atomic E-state index is -3.39.